The van der Waals surface area contributed by atoms with E-state index in [0.29, 0.717) is 10.8 Å². The monoisotopic (exact) mass is 449 g/mol. The molecule has 0 aliphatic rings. The van der Waals surface area contributed by atoms with Crippen LogP contribution in [0.1, 0.15) is 11.1 Å². The number of nitrogens with one attached hydrogen (secondary N) is 1. The van der Waals surface area contributed by atoms with E-state index in [0.717, 1.165) is 17.1 Å². The molecule has 31 heavy (non-hydrogen) atoms. The second-order valence-corrected chi connectivity index (χ2v) is 8.26. The molecule has 2 aromatic carbocycles. The van der Waals surface area contributed by atoms with Gasteiger partial charge in [-0.2, -0.15) is 0 Å². The van der Waals surface area contributed by atoms with Crippen molar-refractivity contribution in [3.05, 3.63) is 83.1 Å². The van der Waals surface area contributed by atoms with Crippen molar-refractivity contribution in [1.82, 2.24) is 19.7 Å². The molecule has 0 saturated heterocycles. The first kappa shape index (κ1) is 21.1. The number of thioether (sulfide) groups is 1. The summed E-state index contributed by atoms with van der Waals surface area (Å²) >= 11 is 7.34. The van der Waals surface area contributed by atoms with E-state index >= 15 is 0 Å². The molecule has 1 amide bonds. The fraction of sp³-hybridized carbons (Fsp3) is 0.130. The molecule has 2 heterocycles. The number of benzene rings is 2. The number of aryl methyl sites for hydroxylation is 2. The lowest BCUT2D eigenvalue weighted by atomic mass is 10.1. The lowest BCUT2D eigenvalue weighted by Gasteiger charge is -2.12. The van der Waals surface area contributed by atoms with Crippen LogP contribution < -0.4 is 5.32 Å². The molecule has 0 spiro atoms. The highest BCUT2D eigenvalue weighted by molar-refractivity contribution is 7.99. The van der Waals surface area contributed by atoms with Crippen LogP contribution in [0.3, 0.4) is 0 Å². The Labute approximate surface area is 189 Å². The maximum atomic E-state index is 12.5. The summed E-state index contributed by atoms with van der Waals surface area (Å²) < 4.78 is 1.98. The lowest BCUT2D eigenvalue weighted by molar-refractivity contribution is -0.113. The van der Waals surface area contributed by atoms with Gasteiger partial charge in [0.25, 0.3) is 0 Å². The topological polar surface area (TPSA) is 72.7 Å². The van der Waals surface area contributed by atoms with E-state index in [-0.39, 0.29) is 16.8 Å². The Bertz CT molecular complexity index is 1230. The molecular weight excluding hydrogens is 430 g/mol. The number of halogens is 1. The van der Waals surface area contributed by atoms with Crippen molar-refractivity contribution in [3.8, 4) is 17.1 Å². The number of carbonyl (C=O) groups excluding carboxylic acids is 1. The van der Waals surface area contributed by atoms with Gasteiger partial charge in [-0.15, -0.1) is 10.2 Å². The predicted octanol–water partition coefficient (Wildman–Crippen LogP) is 5.33. The summed E-state index contributed by atoms with van der Waals surface area (Å²) in [6.07, 6.45) is 1.57. The number of rotatable bonds is 6. The van der Waals surface area contributed by atoms with Gasteiger partial charge in [0.15, 0.2) is 16.1 Å². The van der Waals surface area contributed by atoms with Crippen LogP contribution in [-0.2, 0) is 4.79 Å². The van der Waals surface area contributed by atoms with Crippen molar-refractivity contribution in [1.29, 1.82) is 0 Å². The van der Waals surface area contributed by atoms with Crippen LogP contribution in [-0.4, -0.2) is 31.4 Å². The van der Waals surface area contributed by atoms with Crippen molar-refractivity contribution in [2.45, 2.75) is 19.0 Å². The lowest BCUT2D eigenvalue weighted by Crippen LogP contribution is -2.15. The minimum absolute atomic E-state index is 0.156. The summed E-state index contributed by atoms with van der Waals surface area (Å²) in [5.41, 5.74) is 4.76. The second kappa shape index (κ2) is 9.32. The minimum atomic E-state index is -0.198. The van der Waals surface area contributed by atoms with Crippen LogP contribution in [0, 0.1) is 13.8 Å². The third-order valence-electron chi connectivity index (χ3n) is 4.78. The van der Waals surface area contributed by atoms with Crippen LogP contribution in [0.25, 0.3) is 17.1 Å². The Kier molecular flexibility index (Phi) is 6.34. The molecule has 0 aliphatic heterocycles. The van der Waals surface area contributed by atoms with E-state index in [9.17, 15) is 4.79 Å². The summed E-state index contributed by atoms with van der Waals surface area (Å²) in [6, 6.07) is 19.5. The van der Waals surface area contributed by atoms with Crippen LogP contribution in [0.4, 0.5) is 5.69 Å². The summed E-state index contributed by atoms with van der Waals surface area (Å²) in [5.74, 6) is 0.682. The summed E-state index contributed by atoms with van der Waals surface area (Å²) in [7, 11) is 0. The first-order valence-electron chi connectivity index (χ1n) is 9.64. The van der Waals surface area contributed by atoms with Gasteiger partial charge in [-0.25, -0.2) is 4.98 Å². The van der Waals surface area contributed by atoms with Crippen LogP contribution in [0.5, 0.6) is 0 Å². The Morgan fingerprint density at radius 3 is 2.58 bits per heavy atom. The standard InChI is InChI=1S/C23H20ClN5OS/c1-15-10-11-18(13-16(15)2)29-22(17-7-4-3-5-8-17)27-28-23(29)31-14-20(30)26-19-9-6-12-25-21(19)24/h3-13H,14H2,1-2H3,(H,26,30). The molecule has 4 aromatic rings. The normalized spacial score (nSPS) is 10.8. The fourth-order valence-corrected chi connectivity index (χ4v) is 3.95. The Morgan fingerprint density at radius 1 is 1.03 bits per heavy atom. The van der Waals surface area contributed by atoms with E-state index in [1.54, 1.807) is 18.3 Å². The van der Waals surface area contributed by atoms with Gasteiger partial charge < -0.3 is 5.32 Å². The highest BCUT2D eigenvalue weighted by Crippen LogP contribution is 2.29. The molecule has 0 aliphatic carbocycles. The van der Waals surface area contributed by atoms with Gasteiger partial charge in [-0.3, -0.25) is 9.36 Å². The van der Waals surface area contributed by atoms with Crippen LogP contribution >= 0.6 is 23.4 Å². The predicted molar refractivity (Wildman–Crippen MR) is 125 cm³/mol. The first-order valence-corrected chi connectivity index (χ1v) is 11.0. The molecule has 0 bridgehead atoms. The fourth-order valence-electron chi connectivity index (χ4n) is 3.03. The highest BCUT2D eigenvalue weighted by Gasteiger charge is 2.18. The maximum absolute atomic E-state index is 12.5. The third kappa shape index (κ3) is 4.78. The summed E-state index contributed by atoms with van der Waals surface area (Å²) in [5, 5.41) is 12.5. The molecule has 1 N–H and O–H groups in total. The smallest absolute Gasteiger partial charge is 0.234 e. The number of hydrogen-bond acceptors (Lipinski definition) is 5. The summed E-state index contributed by atoms with van der Waals surface area (Å²) in [4.78, 5) is 16.5. The number of amides is 1. The van der Waals surface area contributed by atoms with Gasteiger partial charge in [-0.05, 0) is 49.2 Å². The number of hydrogen-bond donors (Lipinski definition) is 1. The molecule has 2 aromatic heterocycles. The first-order chi connectivity index (χ1) is 15.0. The molecule has 0 radical (unpaired) electrons. The maximum Gasteiger partial charge on any atom is 0.234 e. The quantitative estimate of drug-likeness (QED) is 0.318. The number of anilines is 1. The molecule has 156 valence electrons. The Morgan fingerprint density at radius 2 is 1.84 bits per heavy atom. The molecule has 0 fully saturated rings. The van der Waals surface area contributed by atoms with Crippen LogP contribution in [0.15, 0.2) is 72.0 Å². The molecule has 6 nitrogen and oxygen atoms in total. The number of nitrogens with zero attached hydrogens (tertiary/aromatic N) is 4. The highest BCUT2D eigenvalue weighted by atomic mass is 35.5. The third-order valence-corrected chi connectivity index (χ3v) is 6.01. The van der Waals surface area contributed by atoms with Gasteiger partial charge >= 0.3 is 0 Å². The molecule has 8 heteroatoms. The average molecular weight is 450 g/mol. The Hall–Kier alpha value is -3.16. The molecule has 0 atom stereocenters. The van der Waals surface area contributed by atoms with E-state index < -0.39 is 0 Å². The van der Waals surface area contributed by atoms with Gasteiger partial charge in [0.1, 0.15) is 0 Å². The van der Waals surface area contributed by atoms with Crippen LogP contribution in [0.2, 0.25) is 5.15 Å². The van der Waals surface area contributed by atoms with Crippen molar-refractivity contribution in [2.24, 2.45) is 0 Å². The molecular formula is C23H20ClN5OS. The zero-order chi connectivity index (χ0) is 21.8. The zero-order valence-electron chi connectivity index (χ0n) is 17.0. The summed E-state index contributed by atoms with van der Waals surface area (Å²) in [6.45, 7) is 4.15. The second-order valence-electron chi connectivity index (χ2n) is 6.95. The van der Waals surface area contributed by atoms with Crippen molar-refractivity contribution < 1.29 is 4.79 Å². The van der Waals surface area contributed by atoms with E-state index in [2.05, 4.69) is 46.5 Å². The molecule has 0 saturated carbocycles. The SMILES string of the molecule is Cc1ccc(-n2c(SCC(=O)Nc3cccnc3Cl)nnc2-c2ccccc2)cc1C. The van der Waals surface area contributed by atoms with E-state index in [1.807, 2.05) is 41.0 Å². The van der Waals surface area contributed by atoms with Gasteiger partial charge in [0.05, 0.1) is 17.1 Å². The van der Waals surface area contributed by atoms with E-state index in [1.165, 1.54) is 22.9 Å². The number of pyridine rings is 1. The molecule has 0 unspecified atom stereocenters. The zero-order valence-corrected chi connectivity index (χ0v) is 18.6. The minimum Gasteiger partial charge on any atom is -0.323 e. The Balaban J connectivity index is 1.63. The molecule has 4 rings (SSSR count). The van der Waals surface area contributed by atoms with Gasteiger partial charge in [-0.1, -0.05) is 59.8 Å². The van der Waals surface area contributed by atoms with Gasteiger partial charge in [0.2, 0.25) is 5.91 Å². The largest absolute Gasteiger partial charge is 0.323 e. The number of aromatic nitrogens is 4. The van der Waals surface area contributed by atoms with E-state index in [4.69, 9.17) is 11.6 Å². The van der Waals surface area contributed by atoms with Crippen molar-refractivity contribution >= 4 is 35.0 Å². The number of carbonyl (C=O) groups is 1. The average Bonchev–Trinajstić information content (AvgIpc) is 3.20. The van der Waals surface area contributed by atoms with Crippen molar-refractivity contribution in [2.75, 3.05) is 11.1 Å². The van der Waals surface area contributed by atoms with Crippen molar-refractivity contribution in [3.63, 3.8) is 0 Å². The van der Waals surface area contributed by atoms with Gasteiger partial charge in [0, 0.05) is 11.8 Å².